The standard InChI is InChI=1S/C14H26F3N3O2/c1-8(2)10(18-7-14(15,16)17)12(22)19-9(3)11(21)20-13(4,5)6/h8-10,18H,7H2,1-6H3,(H,19,22)(H,20,21)/t9-,10+/m1/s1. The fourth-order valence-corrected chi connectivity index (χ4v) is 1.70. The molecule has 3 N–H and O–H groups in total. The van der Waals surface area contributed by atoms with E-state index in [2.05, 4.69) is 16.0 Å². The first-order chi connectivity index (χ1) is 9.73. The monoisotopic (exact) mass is 325 g/mol. The van der Waals surface area contributed by atoms with E-state index in [0.29, 0.717) is 0 Å². The lowest BCUT2D eigenvalue weighted by Gasteiger charge is -2.26. The second kappa shape index (κ2) is 7.80. The summed E-state index contributed by atoms with van der Waals surface area (Å²) in [4.78, 5) is 23.9. The van der Waals surface area contributed by atoms with Crippen molar-refractivity contribution in [3.8, 4) is 0 Å². The van der Waals surface area contributed by atoms with Crippen LogP contribution in [-0.4, -0.2) is 42.2 Å². The molecule has 0 bridgehead atoms. The van der Waals surface area contributed by atoms with Crippen molar-refractivity contribution < 1.29 is 22.8 Å². The predicted molar refractivity (Wildman–Crippen MR) is 78.2 cm³/mol. The van der Waals surface area contributed by atoms with Gasteiger partial charge in [-0.1, -0.05) is 13.8 Å². The number of hydrogen-bond donors (Lipinski definition) is 3. The highest BCUT2D eigenvalue weighted by atomic mass is 19.4. The molecular weight excluding hydrogens is 299 g/mol. The molecule has 22 heavy (non-hydrogen) atoms. The Bertz CT molecular complexity index is 390. The van der Waals surface area contributed by atoms with Crippen molar-refractivity contribution in [2.75, 3.05) is 6.54 Å². The second-order valence-corrected chi connectivity index (χ2v) is 6.69. The SMILES string of the molecule is CC(C)[C@H](NCC(F)(F)F)C(=O)N[C@H](C)C(=O)NC(C)(C)C. The summed E-state index contributed by atoms with van der Waals surface area (Å²) in [6, 6.07) is -1.85. The van der Waals surface area contributed by atoms with Gasteiger partial charge in [-0.15, -0.1) is 0 Å². The van der Waals surface area contributed by atoms with Gasteiger partial charge in [0.2, 0.25) is 11.8 Å². The van der Waals surface area contributed by atoms with Gasteiger partial charge in [0.05, 0.1) is 12.6 Å². The van der Waals surface area contributed by atoms with Gasteiger partial charge in [-0.05, 0) is 33.6 Å². The van der Waals surface area contributed by atoms with Crippen LogP contribution >= 0.6 is 0 Å². The molecule has 8 heteroatoms. The van der Waals surface area contributed by atoms with Crippen molar-refractivity contribution >= 4 is 11.8 Å². The Morgan fingerprint density at radius 1 is 1.00 bits per heavy atom. The second-order valence-electron chi connectivity index (χ2n) is 6.69. The molecule has 0 aliphatic rings. The molecule has 0 radical (unpaired) electrons. The molecule has 0 aromatic rings. The molecule has 0 saturated carbocycles. The van der Waals surface area contributed by atoms with E-state index in [9.17, 15) is 22.8 Å². The Hall–Kier alpha value is -1.31. The molecule has 0 aliphatic carbocycles. The summed E-state index contributed by atoms with van der Waals surface area (Å²) in [6.45, 7) is 8.87. The lowest BCUT2D eigenvalue weighted by Crippen LogP contribution is -2.56. The van der Waals surface area contributed by atoms with E-state index < -0.39 is 36.3 Å². The number of halogens is 3. The van der Waals surface area contributed by atoms with Gasteiger partial charge in [-0.2, -0.15) is 13.2 Å². The lowest BCUT2D eigenvalue weighted by molar-refractivity contribution is -0.136. The van der Waals surface area contributed by atoms with Crippen LogP contribution in [0.25, 0.3) is 0 Å². The van der Waals surface area contributed by atoms with E-state index in [0.717, 1.165) is 0 Å². The fraction of sp³-hybridized carbons (Fsp3) is 0.857. The average molecular weight is 325 g/mol. The first-order valence-corrected chi connectivity index (χ1v) is 7.15. The molecular formula is C14H26F3N3O2. The molecule has 0 aliphatic heterocycles. The Kier molecular flexibility index (Phi) is 7.34. The molecule has 0 unspecified atom stereocenters. The van der Waals surface area contributed by atoms with Crippen molar-refractivity contribution in [3.63, 3.8) is 0 Å². The summed E-state index contributed by atoms with van der Waals surface area (Å²) >= 11 is 0. The van der Waals surface area contributed by atoms with Gasteiger partial charge in [0, 0.05) is 5.54 Å². The zero-order chi connectivity index (χ0) is 17.7. The van der Waals surface area contributed by atoms with Gasteiger partial charge < -0.3 is 10.6 Å². The molecule has 5 nitrogen and oxygen atoms in total. The summed E-state index contributed by atoms with van der Waals surface area (Å²) in [5.41, 5.74) is -0.456. The molecule has 0 fully saturated rings. The molecule has 130 valence electrons. The smallest absolute Gasteiger partial charge is 0.350 e. The van der Waals surface area contributed by atoms with Gasteiger partial charge in [0.1, 0.15) is 6.04 Å². The third kappa shape index (κ3) is 8.86. The number of carbonyl (C=O) groups excluding carboxylic acids is 2. The van der Waals surface area contributed by atoms with E-state index in [1.165, 1.54) is 6.92 Å². The Labute approximate surface area is 129 Å². The minimum absolute atomic E-state index is 0.347. The topological polar surface area (TPSA) is 70.2 Å². The lowest BCUT2D eigenvalue weighted by atomic mass is 10.0. The van der Waals surface area contributed by atoms with Crippen LogP contribution in [0.15, 0.2) is 0 Å². The maximum atomic E-state index is 12.3. The van der Waals surface area contributed by atoms with Crippen LogP contribution in [0.5, 0.6) is 0 Å². The molecule has 0 spiro atoms. The van der Waals surface area contributed by atoms with Crippen molar-refractivity contribution in [3.05, 3.63) is 0 Å². The van der Waals surface area contributed by atoms with Crippen LogP contribution in [0.4, 0.5) is 13.2 Å². The largest absolute Gasteiger partial charge is 0.401 e. The van der Waals surface area contributed by atoms with Gasteiger partial charge in [0.15, 0.2) is 0 Å². The zero-order valence-electron chi connectivity index (χ0n) is 13.9. The average Bonchev–Trinajstić information content (AvgIpc) is 2.24. The summed E-state index contributed by atoms with van der Waals surface area (Å²) in [6.07, 6.45) is -4.40. The third-order valence-corrected chi connectivity index (χ3v) is 2.72. The van der Waals surface area contributed by atoms with Crippen LogP contribution < -0.4 is 16.0 Å². The first kappa shape index (κ1) is 20.7. The number of rotatable bonds is 6. The van der Waals surface area contributed by atoms with Crippen LogP contribution in [0, 0.1) is 5.92 Å². The normalized spacial score (nSPS) is 15.4. The van der Waals surface area contributed by atoms with E-state index >= 15 is 0 Å². The maximum absolute atomic E-state index is 12.3. The van der Waals surface area contributed by atoms with Gasteiger partial charge in [-0.25, -0.2) is 0 Å². The Morgan fingerprint density at radius 2 is 1.50 bits per heavy atom. The van der Waals surface area contributed by atoms with Crippen molar-refractivity contribution in [1.82, 2.24) is 16.0 Å². The van der Waals surface area contributed by atoms with Crippen molar-refractivity contribution in [2.24, 2.45) is 5.92 Å². The molecule has 0 aromatic heterocycles. The summed E-state index contributed by atoms with van der Waals surface area (Å²) < 4.78 is 36.8. The van der Waals surface area contributed by atoms with Crippen LogP contribution in [0.2, 0.25) is 0 Å². The number of amides is 2. The highest BCUT2D eigenvalue weighted by Crippen LogP contribution is 2.14. The Balaban J connectivity index is 4.66. The van der Waals surface area contributed by atoms with Gasteiger partial charge in [-0.3, -0.25) is 14.9 Å². The van der Waals surface area contributed by atoms with E-state index in [1.807, 2.05) is 0 Å². The van der Waals surface area contributed by atoms with E-state index in [4.69, 9.17) is 0 Å². The third-order valence-electron chi connectivity index (χ3n) is 2.72. The number of alkyl halides is 3. The summed E-state index contributed by atoms with van der Waals surface area (Å²) in [5, 5.41) is 7.32. The van der Waals surface area contributed by atoms with Crippen LogP contribution in [-0.2, 0) is 9.59 Å². The summed E-state index contributed by atoms with van der Waals surface area (Å²) in [7, 11) is 0. The highest BCUT2D eigenvalue weighted by molar-refractivity contribution is 5.89. The molecule has 0 saturated heterocycles. The minimum atomic E-state index is -4.40. The first-order valence-electron chi connectivity index (χ1n) is 7.15. The van der Waals surface area contributed by atoms with Crippen LogP contribution in [0.3, 0.4) is 0 Å². The van der Waals surface area contributed by atoms with Crippen molar-refractivity contribution in [2.45, 2.75) is 65.3 Å². The molecule has 0 rings (SSSR count). The van der Waals surface area contributed by atoms with E-state index in [1.54, 1.807) is 34.6 Å². The van der Waals surface area contributed by atoms with Crippen molar-refractivity contribution in [1.29, 1.82) is 0 Å². The Morgan fingerprint density at radius 3 is 1.86 bits per heavy atom. The molecule has 0 heterocycles. The quantitative estimate of drug-likeness (QED) is 0.694. The number of nitrogens with one attached hydrogen (secondary N) is 3. The van der Waals surface area contributed by atoms with Gasteiger partial charge in [0.25, 0.3) is 0 Å². The van der Waals surface area contributed by atoms with Gasteiger partial charge >= 0.3 is 6.18 Å². The minimum Gasteiger partial charge on any atom is -0.350 e. The van der Waals surface area contributed by atoms with E-state index in [-0.39, 0.29) is 11.8 Å². The summed E-state index contributed by atoms with van der Waals surface area (Å²) in [5.74, 6) is -1.37. The molecule has 2 atom stereocenters. The predicted octanol–water partition coefficient (Wildman–Crippen LogP) is 1.58. The highest BCUT2D eigenvalue weighted by Gasteiger charge is 2.32. The molecule has 0 aromatic carbocycles. The van der Waals surface area contributed by atoms with Crippen LogP contribution in [0.1, 0.15) is 41.5 Å². The fourth-order valence-electron chi connectivity index (χ4n) is 1.70. The zero-order valence-corrected chi connectivity index (χ0v) is 13.9. The maximum Gasteiger partial charge on any atom is 0.401 e. The number of carbonyl (C=O) groups is 2. The molecule has 2 amide bonds. The number of hydrogen-bond acceptors (Lipinski definition) is 3.